The molecule has 29 heavy (non-hydrogen) atoms. The van der Waals surface area contributed by atoms with Gasteiger partial charge < -0.3 is 13.7 Å². The average molecular weight is 395 g/mol. The number of halogens is 1. The first-order valence-electron chi connectivity index (χ1n) is 8.93. The quantitative estimate of drug-likeness (QED) is 0.461. The van der Waals surface area contributed by atoms with Crippen LogP contribution in [0.4, 0.5) is 4.39 Å². The summed E-state index contributed by atoms with van der Waals surface area (Å²) in [7, 11) is 0. The minimum absolute atomic E-state index is 0.118. The van der Waals surface area contributed by atoms with Crippen molar-refractivity contribution in [2.45, 2.75) is 27.4 Å². The molecule has 0 amide bonds. The second kappa shape index (κ2) is 7.38. The van der Waals surface area contributed by atoms with E-state index in [1.165, 1.54) is 18.3 Å². The molecule has 0 bridgehead atoms. The van der Waals surface area contributed by atoms with E-state index in [0.29, 0.717) is 34.2 Å². The Labute approximate surface area is 165 Å². The molecule has 0 N–H and O–H groups in total. The highest BCUT2D eigenvalue weighted by atomic mass is 19.1. The predicted molar refractivity (Wildman–Crippen MR) is 101 cm³/mol. The molecule has 0 aliphatic heterocycles. The van der Waals surface area contributed by atoms with Gasteiger partial charge in [0.15, 0.2) is 18.2 Å². The molecule has 0 aliphatic rings. The van der Waals surface area contributed by atoms with Gasteiger partial charge in [0.1, 0.15) is 11.6 Å². The van der Waals surface area contributed by atoms with Crippen molar-refractivity contribution in [3.63, 3.8) is 0 Å². The number of hydrogen-bond acceptors (Lipinski definition) is 6. The van der Waals surface area contributed by atoms with Gasteiger partial charge >= 0.3 is 5.97 Å². The van der Waals surface area contributed by atoms with Crippen molar-refractivity contribution in [2.75, 3.05) is 0 Å². The van der Waals surface area contributed by atoms with E-state index in [2.05, 4.69) is 10.1 Å². The number of carbonyl (C=O) groups is 1. The Hall–Kier alpha value is -3.68. The van der Waals surface area contributed by atoms with Gasteiger partial charge in [0, 0.05) is 23.0 Å². The van der Waals surface area contributed by atoms with E-state index in [1.54, 1.807) is 31.2 Å². The zero-order valence-corrected chi connectivity index (χ0v) is 16.1. The number of benzene rings is 1. The number of aryl methyl sites for hydroxylation is 2. The molecule has 0 saturated carbocycles. The Balaban J connectivity index is 1.47. The molecule has 4 rings (SSSR count). The first-order chi connectivity index (χ1) is 13.9. The molecule has 0 fully saturated rings. The van der Waals surface area contributed by atoms with Crippen LogP contribution in [0.15, 0.2) is 51.5 Å². The summed E-state index contributed by atoms with van der Waals surface area (Å²) >= 11 is 0. The monoisotopic (exact) mass is 395 g/mol. The van der Waals surface area contributed by atoms with Gasteiger partial charge in [-0.2, -0.15) is 0 Å². The third-order valence-corrected chi connectivity index (χ3v) is 4.50. The molecule has 0 atom stereocenters. The third-order valence-electron chi connectivity index (χ3n) is 4.50. The summed E-state index contributed by atoms with van der Waals surface area (Å²) in [4.78, 5) is 16.7. The van der Waals surface area contributed by atoms with Gasteiger partial charge in [0.25, 0.3) is 0 Å². The third kappa shape index (κ3) is 3.69. The number of rotatable bonds is 5. The predicted octanol–water partition coefficient (Wildman–Crippen LogP) is 4.54. The lowest BCUT2D eigenvalue weighted by Gasteiger charge is -2.05. The number of nitrogens with zero attached hydrogens (tertiary/aromatic N) is 3. The second-order valence-electron chi connectivity index (χ2n) is 6.62. The minimum Gasteiger partial charge on any atom is -0.452 e. The molecule has 1 aromatic carbocycles. The highest BCUT2D eigenvalue weighted by molar-refractivity contribution is 5.91. The summed E-state index contributed by atoms with van der Waals surface area (Å²) in [6.07, 6.45) is 1.51. The van der Waals surface area contributed by atoms with E-state index in [1.807, 2.05) is 18.4 Å². The van der Waals surface area contributed by atoms with E-state index < -0.39 is 5.97 Å². The zero-order valence-electron chi connectivity index (χ0n) is 16.1. The van der Waals surface area contributed by atoms with E-state index in [9.17, 15) is 9.18 Å². The molecule has 0 radical (unpaired) electrons. The van der Waals surface area contributed by atoms with Crippen LogP contribution in [0.5, 0.6) is 0 Å². The topological polar surface area (TPSA) is 83.3 Å². The number of carbonyl (C=O) groups excluding carboxylic acids is 1. The smallest absolute Gasteiger partial charge is 0.340 e. The van der Waals surface area contributed by atoms with Crippen molar-refractivity contribution in [1.29, 1.82) is 0 Å². The summed E-state index contributed by atoms with van der Waals surface area (Å²) in [6, 6.07) is 9.38. The van der Waals surface area contributed by atoms with Gasteiger partial charge in [0.05, 0.1) is 11.8 Å². The van der Waals surface area contributed by atoms with Crippen LogP contribution in [-0.2, 0) is 11.3 Å². The Bertz CT molecular complexity index is 1170. The van der Waals surface area contributed by atoms with E-state index >= 15 is 0 Å². The van der Waals surface area contributed by atoms with Crippen molar-refractivity contribution in [2.24, 2.45) is 0 Å². The molecule has 0 aliphatic carbocycles. The Morgan fingerprint density at radius 2 is 1.93 bits per heavy atom. The van der Waals surface area contributed by atoms with Crippen LogP contribution in [0, 0.1) is 26.6 Å². The summed E-state index contributed by atoms with van der Waals surface area (Å²) in [5.74, 6) is 1.17. The number of oxazole rings is 1. The van der Waals surface area contributed by atoms with Crippen LogP contribution in [-0.4, -0.2) is 20.7 Å². The van der Waals surface area contributed by atoms with Crippen LogP contribution in [0.3, 0.4) is 0 Å². The summed E-state index contributed by atoms with van der Waals surface area (Å²) in [6.45, 7) is 5.37. The maximum absolute atomic E-state index is 13.0. The molecule has 3 aromatic heterocycles. The fourth-order valence-electron chi connectivity index (χ4n) is 3.11. The molecule has 7 nitrogen and oxygen atoms in total. The van der Waals surface area contributed by atoms with Crippen molar-refractivity contribution >= 4 is 5.97 Å². The normalized spacial score (nSPS) is 11.0. The molecule has 4 aromatic rings. The van der Waals surface area contributed by atoms with Crippen molar-refractivity contribution in [3.05, 3.63) is 77.0 Å². The standard InChI is InChI=1S/C21H18FN3O4/c1-12-8-17(14(3)25(12)19-9-13(2)29-24-19)21(26)27-11-20-23-10-18(28-20)15-4-6-16(22)7-5-15/h4-10H,11H2,1-3H3. The highest BCUT2D eigenvalue weighted by Crippen LogP contribution is 2.23. The summed E-state index contributed by atoms with van der Waals surface area (Å²) in [5, 5.41) is 4.00. The number of aromatic nitrogens is 3. The maximum atomic E-state index is 13.0. The first kappa shape index (κ1) is 18.7. The van der Waals surface area contributed by atoms with E-state index in [-0.39, 0.29) is 18.3 Å². The lowest BCUT2D eigenvalue weighted by Crippen LogP contribution is -2.07. The fourth-order valence-corrected chi connectivity index (χ4v) is 3.11. The molecular formula is C21H18FN3O4. The number of esters is 1. The van der Waals surface area contributed by atoms with Crippen molar-refractivity contribution in [3.8, 4) is 17.1 Å². The average Bonchev–Trinajstić information content (AvgIpc) is 3.40. The van der Waals surface area contributed by atoms with Crippen LogP contribution in [0.25, 0.3) is 17.1 Å². The lowest BCUT2D eigenvalue weighted by molar-refractivity contribution is 0.0438. The molecule has 0 unspecified atom stereocenters. The van der Waals surface area contributed by atoms with Gasteiger partial charge in [-0.25, -0.2) is 14.2 Å². The van der Waals surface area contributed by atoms with Crippen molar-refractivity contribution < 1.29 is 22.9 Å². The zero-order chi connectivity index (χ0) is 20.5. The molecule has 148 valence electrons. The Kier molecular flexibility index (Phi) is 4.75. The van der Waals surface area contributed by atoms with E-state index in [0.717, 1.165) is 5.69 Å². The maximum Gasteiger partial charge on any atom is 0.340 e. The van der Waals surface area contributed by atoms with E-state index in [4.69, 9.17) is 13.7 Å². The molecule has 8 heteroatoms. The Morgan fingerprint density at radius 3 is 2.62 bits per heavy atom. The van der Waals surface area contributed by atoms with Crippen molar-refractivity contribution in [1.82, 2.24) is 14.7 Å². The number of ether oxygens (including phenoxy) is 1. The lowest BCUT2D eigenvalue weighted by atomic mass is 10.2. The summed E-state index contributed by atoms with van der Waals surface area (Å²) in [5.41, 5.74) is 2.63. The molecular weight excluding hydrogens is 377 g/mol. The molecule has 0 saturated heterocycles. The molecule has 3 heterocycles. The first-order valence-corrected chi connectivity index (χ1v) is 8.93. The van der Waals surface area contributed by atoms with Gasteiger partial charge in [-0.15, -0.1) is 0 Å². The van der Waals surface area contributed by atoms with Crippen LogP contribution in [0.2, 0.25) is 0 Å². The SMILES string of the molecule is Cc1cc(-n2c(C)cc(C(=O)OCc3ncc(-c4ccc(F)cc4)o3)c2C)no1. The minimum atomic E-state index is -0.494. The van der Waals surface area contributed by atoms with Crippen LogP contribution in [0.1, 0.15) is 33.4 Å². The largest absolute Gasteiger partial charge is 0.452 e. The van der Waals surface area contributed by atoms with Crippen LogP contribution < -0.4 is 0 Å². The van der Waals surface area contributed by atoms with Gasteiger partial charge in [-0.05, 0) is 51.1 Å². The summed E-state index contributed by atoms with van der Waals surface area (Å²) < 4.78 is 30.9. The van der Waals surface area contributed by atoms with Gasteiger partial charge in [-0.1, -0.05) is 5.16 Å². The Morgan fingerprint density at radius 1 is 1.17 bits per heavy atom. The van der Waals surface area contributed by atoms with Gasteiger partial charge in [-0.3, -0.25) is 4.57 Å². The second-order valence-corrected chi connectivity index (χ2v) is 6.62. The van der Waals surface area contributed by atoms with Gasteiger partial charge in [0.2, 0.25) is 5.89 Å². The highest BCUT2D eigenvalue weighted by Gasteiger charge is 2.20. The van der Waals surface area contributed by atoms with Crippen LogP contribution >= 0.6 is 0 Å². The molecule has 0 spiro atoms. The number of hydrogen-bond donors (Lipinski definition) is 0. The fraction of sp³-hybridized carbons (Fsp3) is 0.190.